The van der Waals surface area contributed by atoms with Gasteiger partial charge in [-0.1, -0.05) is 6.92 Å². The lowest BCUT2D eigenvalue weighted by molar-refractivity contribution is -0.118. The van der Waals surface area contributed by atoms with Crippen molar-refractivity contribution in [1.29, 1.82) is 0 Å². The Balaban J connectivity index is 3.26. The lowest BCUT2D eigenvalue weighted by Crippen LogP contribution is -2.24. The first-order valence-electron chi connectivity index (χ1n) is 5.48. The maximum atomic E-state index is 11.0. The number of carbonyl (C=O) groups excluding carboxylic acids is 1. The highest BCUT2D eigenvalue weighted by Crippen LogP contribution is 1.96. The molecule has 0 saturated heterocycles. The van der Waals surface area contributed by atoms with Gasteiger partial charge in [-0.25, -0.2) is 0 Å². The zero-order valence-electron chi connectivity index (χ0n) is 9.71. The van der Waals surface area contributed by atoms with E-state index in [4.69, 9.17) is 4.74 Å². The second-order valence-electron chi connectivity index (χ2n) is 3.50. The highest BCUT2D eigenvalue weighted by molar-refractivity contribution is 5.77. The number of carbonyl (C=O) groups is 1. The van der Waals surface area contributed by atoms with Crippen molar-refractivity contribution in [2.75, 3.05) is 33.4 Å². The molecule has 0 heterocycles. The van der Waals surface area contributed by atoms with Crippen molar-refractivity contribution in [3.05, 3.63) is 0 Å². The summed E-state index contributed by atoms with van der Waals surface area (Å²) in [6.07, 6.45) is 2.35. The van der Waals surface area contributed by atoms with Crippen LogP contribution in [0, 0.1) is 0 Å². The Bertz CT molecular complexity index is 148. The van der Waals surface area contributed by atoms with Crippen LogP contribution in [0.4, 0.5) is 0 Å². The molecule has 3 heteroatoms. The van der Waals surface area contributed by atoms with Gasteiger partial charge in [0.2, 0.25) is 0 Å². The molecule has 0 unspecified atom stereocenters. The predicted octanol–water partition coefficient (Wildman–Crippen LogP) is 1.71. The summed E-state index contributed by atoms with van der Waals surface area (Å²) >= 11 is 0. The van der Waals surface area contributed by atoms with E-state index in [9.17, 15) is 4.79 Å². The fourth-order valence-electron chi connectivity index (χ4n) is 1.20. The molecule has 0 spiro atoms. The largest absolute Gasteiger partial charge is 0.380 e. The van der Waals surface area contributed by atoms with Crippen molar-refractivity contribution in [3.8, 4) is 0 Å². The van der Waals surface area contributed by atoms with Gasteiger partial charge in [-0.3, -0.25) is 4.79 Å². The van der Waals surface area contributed by atoms with Crippen molar-refractivity contribution >= 4 is 5.78 Å². The summed E-state index contributed by atoms with van der Waals surface area (Å²) < 4.78 is 5.24. The van der Waals surface area contributed by atoms with Crippen molar-refractivity contribution in [2.24, 2.45) is 0 Å². The average molecular weight is 201 g/mol. The molecule has 0 amide bonds. The predicted molar refractivity (Wildman–Crippen MR) is 58.5 cm³/mol. The maximum absolute atomic E-state index is 11.0. The average Bonchev–Trinajstić information content (AvgIpc) is 2.18. The SMILES string of the molecule is CCOCCN(C)CCCC(=O)CC. The maximum Gasteiger partial charge on any atom is 0.132 e. The Kier molecular flexibility index (Phi) is 8.89. The van der Waals surface area contributed by atoms with Crippen LogP contribution in [0.25, 0.3) is 0 Å². The van der Waals surface area contributed by atoms with Crippen LogP contribution in [0.3, 0.4) is 0 Å². The van der Waals surface area contributed by atoms with E-state index in [0.717, 1.165) is 39.1 Å². The smallest absolute Gasteiger partial charge is 0.132 e. The molecular weight excluding hydrogens is 178 g/mol. The molecule has 3 nitrogen and oxygen atoms in total. The molecule has 0 atom stereocenters. The lowest BCUT2D eigenvalue weighted by Gasteiger charge is -2.15. The van der Waals surface area contributed by atoms with Crippen LogP contribution in [0.15, 0.2) is 0 Å². The molecule has 0 rings (SSSR count). The molecule has 0 bridgehead atoms. The van der Waals surface area contributed by atoms with Gasteiger partial charge in [0.1, 0.15) is 5.78 Å². The third-order valence-corrected chi connectivity index (χ3v) is 2.21. The molecule has 14 heavy (non-hydrogen) atoms. The van der Waals surface area contributed by atoms with E-state index in [-0.39, 0.29) is 0 Å². The number of likely N-dealkylation sites (N-methyl/N-ethyl adjacent to an activating group) is 1. The molecule has 0 aromatic carbocycles. The van der Waals surface area contributed by atoms with Crippen molar-refractivity contribution in [3.63, 3.8) is 0 Å². The Hall–Kier alpha value is -0.410. The molecule has 0 aliphatic carbocycles. The molecule has 0 aliphatic heterocycles. The summed E-state index contributed by atoms with van der Waals surface area (Å²) in [5, 5.41) is 0. The zero-order valence-corrected chi connectivity index (χ0v) is 9.71. The normalized spacial score (nSPS) is 10.9. The van der Waals surface area contributed by atoms with Crippen molar-refractivity contribution in [1.82, 2.24) is 4.90 Å². The quantitative estimate of drug-likeness (QED) is 0.532. The fraction of sp³-hybridized carbons (Fsp3) is 0.909. The van der Waals surface area contributed by atoms with Crippen LogP contribution >= 0.6 is 0 Å². The van der Waals surface area contributed by atoms with Gasteiger partial charge in [-0.05, 0) is 26.9 Å². The minimum Gasteiger partial charge on any atom is -0.380 e. The van der Waals surface area contributed by atoms with Crippen LogP contribution in [0.5, 0.6) is 0 Å². The standard InChI is InChI=1S/C11H23NO2/c1-4-11(13)7-6-8-12(3)9-10-14-5-2/h4-10H2,1-3H3. The van der Waals surface area contributed by atoms with E-state index in [2.05, 4.69) is 11.9 Å². The second-order valence-corrected chi connectivity index (χ2v) is 3.50. The van der Waals surface area contributed by atoms with Gasteiger partial charge in [-0.15, -0.1) is 0 Å². The number of nitrogens with zero attached hydrogens (tertiary/aromatic N) is 1. The van der Waals surface area contributed by atoms with Gasteiger partial charge in [0, 0.05) is 26.0 Å². The van der Waals surface area contributed by atoms with Crippen molar-refractivity contribution in [2.45, 2.75) is 33.1 Å². The second kappa shape index (κ2) is 9.16. The van der Waals surface area contributed by atoms with E-state index in [1.54, 1.807) is 0 Å². The number of hydrogen-bond donors (Lipinski definition) is 0. The van der Waals surface area contributed by atoms with Gasteiger partial charge >= 0.3 is 0 Å². The monoisotopic (exact) mass is 201 g/mol. The minimum absolute atomic E-state index is 0.364. The summed E-state index contributed by atoms with van der Waals surface area (Å²) in [5.41, 5.74) is 0. The summed E-state index contributed by atoms with van der Waals surface area (Å²) in [4.78, 5) is 13.2. The van der Waals surface area contributed by atoms with Crippen LogP contribution in [0.2, 0.25) is 0 Å². The highest BCUT2D eigenvalue weighted by Gasteiger charge is 2.01. The van der Waals surface area contributed by atoms with E-state index < -0.39 is 0 Å². The first kappa shape index (κ1) is 13.6. The zero-order chi connectivity index (χ0) is 10.8. The fourth-order valence-corrected chi connectivity index (χ4v) is 1.20. The molecule has 0 radical (unpaired) electrons. The van der Waals surface area contributed by atoms with Gasteiger partial charge < -0.3 is 9.64 Å². The molecule has 84 valence electrons. The first-order valence-corrected chi connectivity index (χ1v) is 5.48. The van der Waals surface area contributed by atoms with Gasteiger partial charge in [-0.2, -0.15) is 0 Å². The molecule has 0 aliphatic rings. The molecule has 0 aromatic heterocycles. The molecule has 0 N–H and O–H groups in total. The Morgan fingerprint density at radius 2 is 2.00 bits per heavy atom. The topological polar surface area (TPSA) is 29.5 Å². The third kappa shape index (κ3) is 8.20. The van der Waals surface area contributed by atoms with Crippen LogP contribution in [-0.4, -0.2) is 44.0 Å². The lowest BCUT2D eigenvalue weighted by atomic mass is 10.2. The molecule has 0 aromatic rings. The minimum atomic E-state index is 0.364. The summed E-state index contributed by atoms with van der Waals surface area (Å²) in [6.45, 7) is 7.42. The number of hydrogen-bond acceptors (Lipinski definition) is 3. The number of rotatable bonds is 9. The van der Waals surface area contributed by atoms with E-state index in [1.807, 2.05) is 13.8 Å². The highest BCUT2D eigenvalue weighted by atomic mass is 16.5. The summed E-state index contributed by atoms with van der Waals surface area (Å²) in [7, 11) is 2.06. The van der Waals surface area contributed by atoms with Crippen LogP contribution in [-0.2, 0) is 9.53 Å². The summed E-state index contributed by atoms with van der Waals surface area (Å²) in [6, 6.07) is 0. The van der Waals surface area contributed by atoms with Gasteiger partial charge in [0.25, 0.3) is 0 Å². The van der Waals surface area contributed by atoms with E-state index in [1.165, 1.54) is 0 Å². The number of ketones is 1. The first-order chi connectivity index (χ1) is 6.70. The van der Waals surface area contributed by atoms with Crippen LogP contribution in [0.1, 0.15) is 33.1 Å². The van der Waals surface area contributed by atoms with Crippen molar-refractivity contribution < 1.29 is 9.53 Å². The van der Waals surface area contributed by atoms with Gasteiger partial charge in [0.15, 0.2) is 0 Å². The molecular formula is C11H23NO2. The van der Waals surface area contributed by atoms with Crippen LogP contribution < -0.4 is 0 Å². The summed E-state index contributed by atoms with van der Waals surface area (Å²) in [5.74, 6) is 0.364. The van der Waals surface area contributed by atoms with Gasteiger partial charge in [0.05, 0.1) is 6.61 Å². The van der Waals surface area contributed by atoms with E-state index in [0.29, 0.717) is 12.2 Å². The van der Waals surface area contributed by atoms with E-state index >= 15 is 0 Å². The Morgan fingerprint density at radius 3 is 2.57 bits per heavy atom. The Labute approximate surface area is 87.4 Å². The Morgan fingerprint density at radius 1 is 1.29 bits per heavy atom. The molecule has 0 fully saturated rings. The third-order valence-electron chi connectivity index (χ3n) is 2.21. The number of ether oxygens (including phenoxy) is 1. The molecule has 0 saturated carbocycles. The number of Topliss-reactive ketones (excluding diaryl/α,β-unsaturated/α-hetero) is 1.